The molecule has 0 radical (unpaired) electrons. The fourth-order valence-electron chi connectivity index (χ4n) is 2.06. The molecule has 0 aliphatic heterocycles. The highest BCUT2D eigenvalue weighted by molar-refractivity contribution is 6.30. The minimum absolute atomic E-state index is 0.128. The molecule has 0 saturated heterocycles. The van der Waals surface area contributed by atoms with Gasteiger partial charge in [0.2, 0.25) is 0 Å². The highest BCUT2D eigenvalue weighted by Crippen LogP contribution is 2.25. The predicted octanol–water partition coefficient (Wildman–Crippen LogP) is 3.94. The second-order valence-electron chi connectivity index (χ2n) is 4.89. The third kappa shape index (κ3) is 2.67. The summed E-state index contributed by atoms with van der Waals surface area (Å²) in [6.07, 6.45) is 0.835. The average molecular weight is 306 g/mol. The number of nitrogens with zero attached hydrogens (tertiary/aromatic N) is 4. The van der Waals surface area contributed by atoms with Gasteiger partial charge in [0.05, 0.1) is 6.33 Å². The van der Waals surface area contributed by atoms with E-state index in [2.05, 4.69) is 20.3 Å². The molecule has 5 nitrogen and oxygen atoms in total. The highest BCUT2D eigenvalue weighted by atomic mass is 35.5. The molecule has 3 aromatic rings. The maximum absolute atomic E-state index is 13.7. The van der Waals surface area contributed by atoms with E-state index in [1.807, 2.05) is 19.9 Å². The Morgan fingerprint density at radius 1 is 1.29 bits per heavy atom. The van der Waals surface area contributed by atoms with Gasteiger partial charge in [-0.3, -0.25) is 0 Å². The minimum Gasteiger partial charge on any atom is -0.338 e. The van der Waals surface area contributed by atoms with Crippen molar-refractivity contribution in [2.45, 2.75) is 19.9 Å². The summed E-state index contributed by atoms with van der Waals surface area (Å²) in [5, 5.41) is 3.61. The van der Waals surface area contributed by atoms with Crippen LogP contribution >= 0.6 is 11.6 Å². The predicted molar refractivity (Wildman–Crippen MR) is 80.4 cm³/mol. The molecule has 1 N–H and O–H groups in total. The molecule has 0 atom stereocenters. The molecule has 0 saturated carbocycles. The van der Waals surface area contributed by atoms with Crippen LogP contribution in [0.2, 0.25) is 5.02 Å². The second-order valence-corrected chi connectivity index (χ2v) is 5.33. The van der Waals surface area contributed by atoms with Crippen LogP contribution in [0.1, 0.15) is 19.9 Å². The van der Waals surface area contributed by atoms with Crippen LogP contribution in [0.4, 0.5) is 15.9 Å². The number of halogens is 2. The van der Waals surface area contributed by atoms with E-state index in [0.717, 1.165) is 0 Å². The minimum atomic E-state index is -0.797. The van der Waals surface area contributed by atoms with E-state index in [4.69, 9.17) is 11.6 Å². The van der Waals surface area contributed by atoms with Crippen molar-refractivity contribution in [2.75, 3.05) is 5.32 Å². The van der Waals surface area contributed by atoms with Gasteiger partial charge in [-0.15, -0.1) is 0 Å². The van der Waals surface area contributed by atoms with Gasteiger partial charge in [0.1, 0.15) is 0 Å². The van der Waals surface area contributed by atoms with E-state index >= 15 is 0 Å². The molecule has 21 heavy (non-hydrogen) atoms. The van der Waals surface area contributed by atoms with Gasteiger partial charge in [0.25, 0.3) is 0 Å². The smallest absolute Gasteiger partial charge is 0.312 e. The van der Waals surface area contributed by atoms with E-state index in [1.54, 1.807) is 29.1 Å². The molecule has 2 aromatic heterocycles. The van der Waals surface area contributed by atoms with Crippen LogP contribution in [0.5, 0.6) is 0 Å². The number of benzene rings is 1. The SMILES string of the molecule is CC(C)n1cnc2c(Nc3cccc(Cl)c3)nc(F)nc21. The summed E-state index contributed by atoms with van der Waals surface area (Å²) in [5.41, 5.74) is 1.69. The molecule has 2 heterocycles. The van der Waals surface area contributed by atoms with E-state index in [1.165, 1.54) is 0 Å². The van der Waals surface area contributed by atoms with Crippen molar-refractivity contribution < 1.29 is 4.39 Å². The lowest BCUT2D eigenvalue weighted by Crippen LogP contribution is -2.04. The van der Waals surface area contributed by atoms with Crippen molar-refractivity contribution in [2.24, 2.45) is 0 Å². The van der Waals surface area contributed by atoms with Crippen molar-refractivity contribution in [1.82, 2.24) is 19.5 Å². The summed E-state index contributed by atoms with van der Waals surface area (Å²) in [4.78, 5) is 11.9. The van der Waals surface area contributed by atoms with E-state index in [9.17, 15) is 4.39 Å². The van der Waals surface area contributed by atoms with Crippen molar-refractivity contribution in [3.8, 4) is 0 Å². The number of anilines is 2. The molecule has 0 aliphatic rings. The highest BCUT2D eigenvalue weighted by Gasteiger charge is 2.14. The Bertz CT molecular complexity index is 799. The van der Waals surface area contributed by atoms with Crippen LogP contribution in [0.25, 0.3) is 11.2 Å². The third-order valence-corrected chi connectivity index (χ3v) is 3.27. The lowest BCUT2D eigenvalue weighted by atomic mass is 10.3. The van der Waals surface area contributed by atoms with Crippen molar-refractivity contribution in [3.63, 3.8) is 0 Å². The second kappa shape index (κ2) is 5.29. The number of fused-ring (bicyclic) bond motifs is 1. The van der Waals surface area contributed by atoms with E-state index in [0.29, 0.717) is 27.7 Å². The quantitative estimate of drug-likeness (QED) is 0.745. The molecule has 0 aliphatic carbocycles. The Kier molecular flexibility index (Phi) is 3.47. The summed E-state index contributed by atoms with van der Waals surface area (Å²) in [5.74, 6) is 0.319. The zero-order valence-electron chi connectivity index (χ0n) is 11.5. The Morgan fingerprint density at radius 2 is 2.10 bits per heavy atom. The van der Waals surface area contributed by atoms with Crippen LogP contribution in [-0.4, -0.2) is 19.5 Å². The molecule has 0 amide bonds. The lowest BCUT2D eigenvalue weighted by Gasteiger charge is -2.09. The van der Waals surface area contributed by atoms with Crippen molar-refractivity contribution in [3.05, 3.63) is 41.7 Å². The Labute approximate surface area is 125 Å². The largest absolute Gasteiger partial charge is 0.338 e. The first-order valence-corrected chi connectivity index (χ1v) is 6.85. The molecular weight excluding hydrogens is 293 g/mol. The van der Waals surface area contributed by atoms with Gasteiger partial charge < -0.3 is 9.88 Å². The Hall–Kier alpha value is -2.21. The molecule has 0 unspecified atom stereocenters. The van der Waals surface area contributed by atoms with E-state index < -0.39 is 6.08 Å². The fraction of sp³-hybridized carbons (Fsp3) is 0.214. The molecule has 1 aromatic carbocycles. The fourth-order valence-corrected chi connectivity index (χ4v) is 2.25. The van der Waals surface area contributed by atoms with Gasteiger partial charge in [0, 0.05) is 16.8 Å². The average Bonchev–Trinajstić information content (AvgIpc) is 2.82. The zero-order valence-corrected chi connectivity index (χ0v) is 12.3. The molecule has 0 bridgehead atoms. The van der Waals surface area contributed by atoms with Gasteiger partial charge in [-0.05, 0) is 32.0 Å². The van der Waals surface area contributed by atoms with Crippen LogP contribution in [0, 0.1) is 6.08 Å². The van der Waals surface area contributed by atoms with E-state index in [-0.39, 0.29) is 6.04 Å². The van der Waals surface area contributed by atoms with Crippen LogP contribution < -0.4 is 5.32 Å². The Balaban J connectivity index is 2.10. The van der Waals surface area contributed by atoms with Crippen molar-refractivity contribution >= 4 is 34.3 Å². The third-order valence-electron chi connectivity index (χ3n) is 3.04. The maximum atomic E-state index is 13.7. The number of rotatable bonds is 3. The molecule has 0 fully saturated rings. The van der Waals surface area contributed by atoms with Gasteiger partial charge in [0.15, 0.2) is 17.0 Å². The first-order valence-electron chi connectivity index (χ1n) is 6.47. The van der Waals surface area contributed by atoms with Gasteiger partial charge in [-0.2, -0.15) is 14.4 Å². The molecular formula is C14H13ClFN5. The van der Waals surface area contributed by atoms with Gasteiger partial charge >= 0.3 is 6.08 Å². The summed E-state index contributed by atoms with van der Waals surface area (Å²) >= 11 is 5.94. The first-order chi connectivity index (χ1) is 10.0. The molecule has 108 valence electrons. The van der Waals surface area contributed by atoms with Gasteiger partial charge in [-0.25, -0.2) is 4.98 Å². The Morgan fingerprint density at radius 3 is 2.81 bits per heavy atom. The lowest BCUT2D eigenvalue weighted by molar-refractivity contribution is 0.538. The first kappa shape index (κ1) is 13.8. The van der Waals surface area contributed by atoms with Gasteiger partial charge in [-0.1, -0.05) is 17.7 Å². The number of aromatic nitrogens is 4. The summed E-state index contributed by atoms with van der Waals surface area (Å²) < 4.78 is 15.5. The summed E-state index contributed by atoms with van der Waals surface area (Å²) in [6, 6.07) is 7.23. The molecule has 7 heteroatoms. The maximum Gasteiger partial charge on any atom is 0.312 e. The summed E-state index contributed by atoms with van der Waals surface area (Å²) in [7, 11) is 0. The molecule has 3 rings (SSSR count). The number of imidazole rings is 1. The van der Waals surface area contributed by atoms with Crippen molar-refractivity contribution in [1.29, 1.82) is 0 Å². The topological polar surface area (TPSA) is 55.6 Å². The van der Waals surface area contributed by atoms with Crippen LogP contribution in [-0.2, 0) is 0 Å². The standard InChI is InChI=1S/C14H13ClFN5/c1-8(2)21-7-17-11-12(19-14(16)20-13(11)21)18-10-5-3-4-9(15)6-10/h3-8H,1-2H3,(H,18,19,20). The van der Waals surface area contributed by atoms with Crippen LogP contribution in [0.3, 0.4) is 0 Å². The van der Waals surface area contributed by atoms with Crippen LogP contribution in [0.15, 0.2) is 30.6 Å². The monoisotopic (exact) mass is 305 g/mol. The molecule has 0 spiro atoms. The number of nitrogens with one attached hydrogen (secondary N) is 1. The zero-order chi connectivity index (χ0) is 15.0. The summed E-state index contributed by atoms with van der Waals surface area (Å²) in [6.45, 7) is 3.95. The number of hydrogen-bond donors (Lipinski definition) is 1. The normalized spacial score (nSPS) is 11.3. The number of hydrogen-bond acceptors (Lipinski definition) is 4.